The molecule has 0 radical (unpaired) electrons. The zero-order chi connectivity index (χ0) is 17.4. The molecule has 1 aromatic rings. The van der Waals surface area contributed by atoms with E-state index in [4.69, 9.17) is 4.74 Å². The van der Waals surface area contributed by atoms with Gasteiger partial charge in [-0.2, -0.15) is 13.2 Å². The quantitative estimate of drug-likeness (QED) is 0.510. The molecule has 0 heterocycles. The first kappa shape index (κ1) is 17.0. The first-order chi connectivity index (χ1) is 10.6. The fraction of sp³-hybridized carbons (Fsp3) is 0.400. The molecule has 1 aliphatic carbocycles. The Hall–Kier alpha value is -2.38. The summed E-state index contributed by atoms with van der Waals surface area (Å²) < 4.78 is 42.7. The fourth-order valence-corrected chi connectivity index (χ4v) is 2.45. The molecule has 124 valence electrons. The van der Waals surface area contributed by atoms with Gasteiger partial charge in [-0.05, 0) is 43.9 Å². The standard InChI is InChI=1S/C15H13F3O5/c1-8(19)14(12(20)21,9-5-6-9)13(22)23-11-4-2-3-10(7-11)15(16,17)18/h2-4,7,9H,5-6H2,1H3,(H,20,21). The second kappa shape index (κ2) is 5.68. The zero-order valence-corrected chi connectivity index (χ0v) is 12.0. The Morgan fingerprint density at radius 3 is 2.26 bits per heavy atom. The highest BCUT2D eigenvalue weighted by molar-refractivity contribution is 6.20. The van der Waals surface area contributed by atoms with E-state index in [1.54, 1.807) is 0 Å². The minimum absolute atomic E-state index is 0.365. The Morgan fingerprint density at radius 2 is 1.83 bits per heavy atom. The van der Waals surface area contributed by atoms with Crippen LogP contribution in [0.15, 0.2) is 24.3 Å². The molecular formula is C15H13F3O5. The lowest BCUT2D eigenvalue weighted by Crippen LogP contribution is -2.49. The van der Waals surface area contributed by atoms with Crippen molar-refractivity contribution in [3.63, 3.8) is 0 Å². The molecule has 0 saturated heterocycles. The highest BCUT2D eigenvalue weighted by Gasteiger charge is 2.62. The summed E-state index contributed by atoms with van der Waals surface area (Å²) in [6.07, 6.45) is -3.91. The van der Waals surface area contributed by atoms with Crippen molar-refractivity contribution in [1.29, 1.82) is 0 Å². The maximum absolute atomic E-state index is 12.6. The molecule has 1 saturated carbocycles. The minimum Gasteiger partial charge on any atom is -0.480 e. The van der Waals surface area contributed by atoms with E-state index in [0.717, 1.165) is 25.1 Å². The number of alkyl halides is 3. The SMILES string of the molecule is CC(=O)C(C(=O)O)(C(=O)Oc1cccc(C(F)(F)F)c1)C1CC1. The van der Waals surface area contributed by atoms with Crippen molar-refractivity contribution in [2.45, 2.75) is 25.9 Å². The largest absolute Gasteiger partial charge is 0.480 e. The van der Waals surface area contributed by atoms with E-state index in [1.807, 2.05) is 0 Å². The van der Waals surface area contributed by atoms with Gasteiger partial charge < -0.3 is 9.84 Å². The molecule has 0 amide bonds. The van der Waals surface area contributed by atoms with Gasteiger partial charge in [0.1, 0.15) is 5.75 Å². The number of rotatable bonds is 5. The van der Waals surface area contributed by atoms with Crippen molar-refractivity contribution in [1.82, 2.24) is 0 Å². The molecule has 8 heteroatoms. The number of carbonyl (C=O) groups excluding carboxylic acids is 2. The lowest BCUT2D eigenvalue weighted by molar-refractivity contribution is -0.168. The third kappa shape index (κ3) is 3.06. The Morgan fingerprint density at radius 1 is 1.22 bits per heavy atom. The van der Waals surface area contributed by atoms with Gasteiger partial charge in [0.25, 0.3) is 0 Å². The third-order valence-electron chi connectivity index (χ3n) is 3.78. The molecule has 23 heavy (non-hydrogen) atoms. The smallest absolute Gasteiger partial charge is 0.416 e. The normalized spacial score (nSPS) is 17.2. The number of ether oxygens (including phenoxy) is 1. The topological polar surface area (TPSA) is 80.7 Å². The number of carbonyl (C=O) groups is 3. The van der Waals surface area contributed by atoms with Crippen LogP contribution >= 0.6 is 0 Å². The molecule has 5 nitrogen and oxygen atoms in total. The van der Waals surface area contributed by atoms with Crippen LogP contribution in [0.3, 0.4) is 0 Å². The number of benzene rings is 1. The Balaban J connectivity index is 2.33. The van der Waals surface area contributed by atoms with Gasteiger partial charge in [-0.15, -0.1) is 0 Å². The summed E-state index contributed by atoms with van der Waals surface area (Å²) in [7, 11) is 0. The minimum atomic E-state index is -4.64. The third-order valence-corrected chi connectivity index (χ3v) is 3.78. The van der Waals surface area contributed by atoms with Gasteiger partial charge in [0.15, 0.2) is 5.78 Å². The van der Waals surface area contributed by atoms with E-state index in [9.17, 15) is 32.7 Å². The maximum Gasteiger partial charge on any atom is 0.416 e. The number of aliphatic carboxylic acids is 1. The average molecular weight is 330 g/mol. The number of hydrogen-bond donors (Lipinski definition) is 1. The molecule has 1 N–H and O–H groups in total. The molecule has 0 spiro atoms. The molecule has 2 rings (SSSR count). The summed E-state index contributed by atoms with van der Waals surface area (Å²) in [5.41, 5.74) is -3.41. The Kier molecular flexibility index (Phi) is 4.19. The van der Waals surface area contributed by atoms with Crippen LogP contribution in [0.25, 0.3) is 0 Å². The number of carboxylic acids is 1. The highest BCUT2D eigenvalue weighted by Crippen LogP contribution is 2.47. The van der Waals surface area contributed by atoms with Crippen molar-refractivity contribution in [2.24, 2.45) is 11.3 Å². The molecule has 1 unspecified atom stereocenters. The number of esters is 1. The summed E-state index contributed by atoms with van der Waals surface area (Å²) in [4.78, 5) is 35.5. The van der Waals surface area contributed by atoms with Crippen LogP contribution < -0.4 is 4.74 Å². The van der Waals surface area contributed by atoms with E-state index in [-0.39, 0.29) is 0 Å². The van der Waals surface area contributed by atoms with Crippen LogP contribution in [0, 0.1) is 11.3 Å². The fourth-order valence-electron chi connectivity index (χ4n) is 2.45. The van der Waals surface area contributed by atoms with Crippen LogP contribution in [0.4, 0.5) is 13.2 Å². The van der Waals surface area contributed by atoms with Crippen molar-refractivity contribution < 1.29 is 37.4 Å². The van der Waals surface area contributed by atoms with E-state index in [0.29, 0.717) is 18.9 Å². The van der Waals surface area contributed by atoms with E-state index in [1.165, 1.54) is 0 Å². The van der Waals surface area contributed by atoms with Gasteiger partial charge in [0.2, 0.25) is 5.41 Å². The van der Waals surface area contributed by atoms with E-state index in [2.05, 4.69) is 0 Å². The number of halogens is 3. The average Bonchev–Trinajstić information content (AvgIpc) is 3.22. The summed E-state index contributed by atoms with van der Waals surface area (Å²) in [6, 6.07) is 3.48. The van der Waals surface area contributed by atoms with Crippen molar-refractivity contribution >= 4 is 17.7 Å². The molecule has 0 aliphatic heterocycles. The van der Waals surface area contributed by atoms with Crippen LogP contribution in [-0.2, 0) is 20.6 Å². The predicted molar refractivity (Wildman–Crippen MR) is 70.6 cm³/mol. The van der Waals surface area contributed by atoms with Crippen LogP contribution in [-0.4, -0.2) is 22.8 Å². The van der Waals surface area contributed by atoms with Gasteiger partial charge in [-0.3, -0.25) is 9.59 Å². The Labute approximate surface area is 129 Å². The summed E-state index contributed by atoms with van der Waals surface area (Å²) in [5.74, 6) is -5.07. The predicted octanol–water partition coefficient (Wildman–Crippen LogP) is 2.68. The summed E-state index contributed by atoms with van der Waals surface area (Å²) >= 11 is 0. The molecule has 1 aliphatic rings. The number of hydrogen-bond acceptors (Lipinski definition) is 4. The number of Topliss-reactive ketones (excluding diaryl/α,β-unsaturated/α-hetero) is 1. The maximum atomic E-state index is 12.6. The van der Waals surface area contributed by atoms with Gasteiger partial charge in [-0.25, -0.2) is 4.79 Å². The van der Waals surface area contributed by atoms with Gasteiger partial charge in [0, 0.05) is 0 Å². The van der Waals surface area contributed by atoms with Gasteiger partial charge in [0.05, 0.1) is 5.56 Å². The Bertz CT molecular complexity index is 647. The monoisotopic (exact) mass is 330 g/mol. The zero-order valence-electron chi connectivity index (χ0n) is 12.0. The molecule has 1 fully saturated rings. The summed E-state index contributed by atoms with van der Waals surface area (Å²) in [5, 5.41) is 9.34. The van der Waals surface area contributed by atoms with E-state index < -0.39 is 46.5 Å². The van der Waals surface area contributed by atoms with E-state index >= 15 is 0 Å². The molecule has 0 bridgehead atoms. The molecule has 0 aromatic heterocycles. The highest BCUT2D eigenvalue weighted by atomic mass is 19.4. The lowest BCUT2D eigenvalue weighted by Gasteiger charge is -2.24. The van der Waals surface area contributed by atoms with Crippen LogP contribution in [0.1, 0.15) is 25.3 Å². The summed E-state index contributed by atoms with van der Waals surface area (Å²) in [6.45, 7) is 0.958. The van der Waals surface area contributed by atoms with Crippen molar-refractivity contribution in [3.05, 3.63) is 29.8 Å². The van der Waals surface area contributed by atoms with Crippen LogP contribution in [0.2, 0.25) is 0 Å². The van der Waals surface area contributed by atoms with Crippen molar-refractivity contribution in [2.75, 3.05) is 0 Å². The second-order valence-corrected chi connectivity index (χ2v) is 5.36. The molecule has 1 atom stereocenters. The molecule has 1 aromatic carbocycles. The van der Waals surface area contributed by atoms with Crippen LogP contribution in [0.5, 0.6) is 5.75 Å². The first-order valence-corrected chi connectivity index (χ1v) is 6.74. The van der Waals surface area contributed by atoms with Gasteiger partial charge in [-0.1, -0.05) is 6.07 Å². The number of carboxylic acid groups (broad SMARTS) is 1. The molecular weight excluding hydrogens is 317 g/mol. The first-order valence-electron chi connectivity index (χ1n) is 6.74. The number of ketones is 1. The lowest BCUT2D eigenvalue weighted by atomic mass is 9.79. The van der Waals surface area contributed by atoms with Crippen molar-refractivity contribution in [3.8, 4) is 5.75 Å². The van der Waals surface area contributed by atoms with Gasteiger partial charge >= 0.3 is 18.1 Å². The second-order valence-electron chi connectivity index (χ2n) is 5.36.